The highest BCUT2D eigenvalue weighted by molar-refractivity contribution is 5.66. The van der Waals surface area contributed by atoms with E-state index in [-0.39, 0.29) is 0 Å². The van der Waals surface area contributed by atoms with Crippen molar-refractivity contribution in [1.29, 1.82) is 0 Å². The molecule has 1 heteroatoms. The molecule has 1 nitrogen and oxygen atoms in total. The van der Waals surface area contributed by atoms with E-state index < -0.39 is 0 Å². The normalized spacial score (nSPS) is 10.1. The molecule has 2 rings (SSSR count). The Morgan fingerprint density at radius 2 is 1.69 bits per heavy atom. The minimum Gasteiger partial charge on any atom is -0.496 e. The lowest BCUT2D eigenvalue weighted by Gasteiger charge is -2.09. The smallest absolute Gasteiger partial charge is 0.122 e. The fraction of sp³-hybridized carbons (Fsp3) is 0.200. The van der Waals surface area contributed by atoms with Crippen LogP contribution in [0.4, 0.5) is 0 Å². The van der Waals surface area contributed by atoms with Crippen molar-refractivity contribution in [2.24, 2.45) is 0 Å². The molecule has 0 bridgehead atoms. The zero-order valence-corrected chi connectivity index (χ0v) is 9.73. The monoisotopic (exact) mass is 212 g/mol. The Morgan fingerprint density at radius 1 is 0.938 bits per heavy atom. The Hall–Kier alpha value is -1.76. The molecule has 0 heterocycles. The molecule has 0 aromatic heterocycles. The van der Waals surface area contributed by atoms with Gasteiger partial charge in [-0.25, -0.2) is 0 Å². The lowest BCUT2D eigenvalue weighted by Crippen LogP contribution is -1.91. The Labute approximate surface area is 96.7 Å². The molecule has 0 aliphatic rings. The first-order valence-electron chi connectivity index (χ1n) is 5.57. The lowest BCUT2D eigenvalue weighted by molar-refractivity contribution is 0.410. The van der Waals surface area contributed by atoms with Crippen LogP contribution in [0.3, 0.4) is 0 Å². The third-order valence-corrected chi connectivity index (χ3v) is 2.78. The van der Waals surface area contributed by atoms with E-state index in [2.05, 4.69) is 49.4 Å². The molecule has 0 fully saturated rings. The first-order valence-corrected chi connectivity index (χ1v) is 5.57. The second kappa shape index (κ2) is 4.84. The third-order valence-electron chi connectivity index (χ3n) is 2.78. The van der Waals surface area contributed by atoms with Crippen LogP contribution < -0.4 is 4.74 Å². The summed E-state index contributed by atoms with van der Waals surface area (Å²) in [6.45, 7) is 2.14. The summed E-state index contributed by atoms with van der Waals surface area (Å²) in [6.07, 6.45) is 0.998. The van der Waals surface area contributed by atoms with Crippen LogP contribution in [0.1, 0.15) is 12.5 Å². The molecule has 0 unspecified atom stereocenters. The summed E-state index contributed by atoms with van der Waals surface area (Å²) in [6, 6.07) is 16.7. The summed E-state index contributed by atoms with van der Waals surface area (Å²) < 4.78 is 5.40. The van der Waals surface area contributed by atoms with E-state index in [0.717, 1.165) is 12.2 Å². The standard InChI is InChI=1S/C15H16O/c1-3-12-9-10-14(11-15(12)16-2)13-7-5-4-6-8-13/h4-11H,3H2,1-2H3. The maximum atomic E-state index is 5.40. The lowest BCUT2D eigenvalue weighted by atomic mass is 10.0. The molecule has 16 heavy (non-hydrogen) atoms. The third kappa shape index (κ3) is 2.08. The summed E-state index contributed by atoms with van der Waals surface area (Å²) in [5.41, 5.74) is 3.68. The van der Waals surface area contributed by atoms with Crippen LogP contribution in [-0.4, -0.2) is 7.11 Å². The number of aryl methyl sites for hydroxylation is 1. The van der Waals surface area contributed by atoms with E-state index in [4.69, 9.17) is 4.74 Å². The van der Waals surface area contributed by atoms with Crippen LogP contribution in [0.2, 0.25) is 0 Å². The average molecular weight is 212 g/mol. The molecule has 0 saturated carbocycles. The van der Waals surface area contributed by atoms with Crippen molar-refractivity contribution in [3.63, 3.8) is 0 Å². The maximum Gasteiger partial charge on any atom is 0.122 e. The van der Waals surface area contributed by atoms with Crippen molar-refractivity contribution in [2.75, 3.05) is 7.11 Å². The quantitative estimate of drug-likeness (QED) is 0.749. The van der Waals surface area contributed by atoms with Crippen LogP contribution in [0.25, 0.3) is 11.1 Å². The molecule has 0 saturated heterocycles. The van der Waals surface area contributed by atoms with Crippen LogP contribution in [0, 0.1) is 0 Å². The summed E-state index contributed by atoms with van der Waals surface area (Å²) >= 11 is 0. The van der Waals surface area contributed by atoms with Crippen molar-refractivity contribution in [1.82, 2.24) is 0 Å². The van der Waals surface area contributed by atoms with E-state index in [1.54, 1.807) is 7.11 Å². The van der Waals surface area contributed by atoms with Crippen LogP contribution in [0.5, 0.6) is 5.75 Å². The molecule has 0 spiro atoms. The Bertz CT molecular complexity index is 460. The highest BCUT2D eigenvalue weighted by atomic mass is 16.5. The maximum absolute atomic E-state index is 5.40. The Kier molecular flexibility index (Phi) is 3.25. The zero-order chi connectivity index (χ0) is 11.4. The minimum absolute atomic E-state index is 0.976. The van der Waals surface area contributed by atoms with Crippen molar-refractivity contribution >= 4 is 0 Å². The van der Waals surface area contributed by atoms with E-state index in [9.17, 15) is 0 Å². The van der Waals surface area contributed by atoms with Gasteiger partial charge >= 0.3 is 0 Å². The Morgan fingerprint density at radius 3 is 2.31 bits per heavy atom. The minimum atomic E-state index is 0.976. The molecule has 82 valence electrons. The number of hydrogen-bond acceptors (Lipinski definition) is 1. The van der Waals surface area contributed by atoms with Gasteiger partial charge in [-0.2, -0.15) is 0 Å². The van der Waals surface area contributed by atoms with Crippen molar-refractivity contribution in [2.45, 2.75) is 13.3 Å². The molecule has 0 amide bonds. The molecule has 0 radical (unpaired) electrons. The van der Waals surface area contributed by atoms with Gasteiger partial charge in [-0.1, -0.05) is 49.4 Å². The highest BCUT2D eigenvalue weighted by Crippen LogP contribution is 2.27. The van der Waals surface area contributed by atoms with Crippen molar-refractivity contribution in [3.8, 4) is 16.9 Å². The molecular weight excluding hydrogens is 196 g/mol. The number of benzene rings is 2. The van der Waals surface area contributed by atoms with Gasteiger partial charge in [0, 0.05) is 0 Å². The van der Waals surface area contributed by atoms with Gasteiger partial charge in [0.05, 0.1) is 7.11 Å². The average Bonchev–Trinajstić information content (AvgIpc) is 2.39. The number of ether oxygens (including phenoxy) is 1. The first kappa shape index (κ1) is 10.7. The first-order chi connectivity index (χ1) is 7.85. The number of rotatable bonds is 3. The van der Waals surface area contributed by atoms with E-state index in [0.29, 0.717) is 0 Å². The highest BCUT2D eigenvalue weighted by Gasteiger charge is 2.03. The van der Waals surface area contributed by atoms with Crippen LogP contribution >= 0.6 is 0 Å². The second-order valence-electron chi connectivity index (χ2n) is 3.75. The second-order valence-corrected chi connectivity index (χ2v) is 3.75. The summed E-state index contributed by atoms with van der Waals surface area (Å²) in [4.78, 5) is 0. The van der Waals surface area contributed by atoms with Gasteiger partial charge < -0.3 is 4.74 Å². The van der Waals surface area contributed by atoms with E-state index >= 15 is 0 Å². The van der Waals surface area contributed by atoms with Gasteiger partial charge in [0.15, 0.2) is 0 Å². The largest absolute Gasteiger partial charge is 0.496 e. The molecule has 0 N–H and O–H groups in total. The van der Waals surface area contributed by atoms with Gasteiger partial charge in [0.2, 0.25) is 0 Å². The summed E-state index contributed by atoms with van der Waals surface area (Å²) in [5.74, 6) is 0.976. The fourth-order valence-electron chi connectivity index (χ4n) is 1.85. The van der Waals surface area contributed by atoms with Crippen LogP contribution in [-0.2, 0) is 6.42 Å². The SMILES string of the molecule is CCc1ccc(-c2ccccc2)cc1OC. The molecule has 2 aromatic rings. The van der Waals surface area contributed by atoms with Gasteiger partial charge in [-0.05, 0) is 29.2 Å². The fourth-order valence-corrected chi connectivity index (χ4v) is 1.85. The topological polar surface area (TPSA) is 9.23 Å². The number of methoxy groups -OCH3 is 1. The van der Waals surface area contributed by atoms with Gasteiger partial charge in [0.25, 0.3) is 0 Å². The van der Waals surface area contributed by atoms with E-state index in [1.807, 2.05) is 6.07 Å². The molecule has 0 aliphatic carbocycles. The van der Waals surface area contributed by atoms with E-state index in [1.165, 1.54) is 16.7 Å². The molecular formula is C15H16O. The van der Waals surface area contributed by atoms with Gasteiger partial charge in [-0.15, -0.1) is 0 Å². The number of hydrogen-bond donors (Lipinski definition) is 0. The van der Waals surface area contributed by atoms with Gasteiger partial charge in [-0.3, -0.25) is 0 Å². The molecule has 0 aliphatic heterocycles. The summed E-state index contributed by atoms with van der Waals surface area (Å²) in [7, 11) is 1.73. The van der Waals surface area contributed by atoms with Crippen molar-refractivity contribution < 1.29 is 4.74 Å². The predicted molar refractivity (Wildman–Crippen MR) is 67.8 cm³/mol. The zero-order valence-electron chi connectivity index (χ0n) is 9.73. The predicted octanol–water partition coefficient (Wildman–Crippen LogP) is 3.92. The van der Waals surface area contributed by atoms with Crippen LogP contribution in [0.15, 0.2) is 48.5 Å². The molecule has 2 aromatic carbocycles. The Balaban J connectivity index is 2.44. The van der Waals surface area contributed by atoms with Crippen molar-refractivity contribution in [3.05, 3.63) is 54.1 Å². The summed E-state index contributed by atoms with van der Waals surface area (Å²) in [5, 5.41) is 0. The van der Waals surface area contributed by atoms with Gasteiger partial charge in [0.1, 0.15) is 5.75 Å². The molecule has 0 atom stereocenters.